The first-order valence-electron chi connectivity index (χ1n) is 8.22. The van der Waals surface area contributed by atoms with E-state index in [4.69, 9.17) is 25.8 Å². The molecule has 0 saturated carbocycles. The minimum Gasteiger partial charge on any atom is -0.382 e. The maximum Gasteiger partial charge on any atom is 0.246 e. The van der Waals surface area contributed by atoms with Gasteiger partial charge in [-0.25, -0.2) is 4.39 Å². The lowest BCUT2D eigenvalue weighted by Crippen LogP contribution is -2.38. The molecule has 9 heteroatoms. The Kier molecular flexibility index (Phi) is 11.0. The molecule has 1 aromatic rings. The molecular weight excluding hydrogens is 386 g/mol. The number of hydrogen-bond acceptors (Lipinski definition) is 5. The highest BCUT2D eigenvalue weighted by Gasteiger charge is 2.27. The third-order valence-corrected chi connectivity index (χ3v) is 4.22. The van der Waals surface area contributed by atoms with Crippen molar-refractivity contribution in [1.29, 1.82) is 0 Å². The summed E-state index contributed by atoms with van der Waals surface area (Å²) in [6.45, 7) is 3.05. The Labute approximate surface area is 164 Å². The molecule has 2 rings (SSSR count). The highest BCUT2D eigenvalue weighted by molar-refractivity contribution is 6.30. The molecular formula is C17H25Cl2FN2O4. The summed E-state index contributed by atoms with van der Waals surface area (Å²) < 4.78 is 29.7. The molecule has 2 atom stereocenters. The number of ether oxygens (including phenoxy) is 3. The van der Waals surface area contributed by atoms with Crippen LogP contribution in [0.3, 0.4) is 0 Å². The van der Waals surface area contributed by atoms with Crippen molar-refractivity contribution in [1.82, 2.24) is 10.6 Å². The zero-order valence-electron chi connectivity index (χ0n) is 14.6. The molecule has 1 aliphatic rings. The number of halogens is 3. The third-order valence-electron chi connectivity index (χ3n) is 3.91. The molecule has 1 amide bonds. The molecule has 0 spiro atoms. The van der Waals surface area contributed by atoms with Crippen molar-refractivity contribution in [3.8, 4) is 0 Å². The normalized spacial score (nSPS) is 20.1. The molecule has 1 heterocycles. The third kappa shape index (κ3) is 7.34. The number of hydrogen-bond donors (Lipinski definition) is 2. The molecule has 6 nitrogen and oxygen atoms in total. The van der Waals surface area contributed by atoms with Crippen LogP contribution >= 0.6 is 24.0 Å². The summed E-state index contributed by atoms with van der Waals surface area (Å²) in [6, 6.07) is 4.66. The number of rotatable bonds is 8. The zero-order valence-corrected chi connectivity index (χ0v) is 16.2. The van der Waals surface area contributed by atoms with E-state index in [9.17, 15) is 9.18 Å². The maximum absolute atomic E-state index is 13.8. The summed E-state index contributed by atoms with van der Waals surface area (Å²) in [4.78, 5) is 11.9. The Bertz CT molecular complexity index is 566. The van der Waals surface area contributed by atoms with E-state index in [0.717, 1.165) is 0 Å². The topological polar surface area (TPSA) is 68.8 Å². The van der Waals surface area contributed by atoms with E-state index in [1.165, 1.54) is 12.1 Å². The van der Waals surface area contributed by atoms with Crippen LogP contribution < -0.4 is 10.6 Å². The maximum atomic E-state index is 13.8. The Hall–Kier alpha value is -0.960. The first-order chi connectivity index (χ1) is 12.1. The quantitative estimate of drug-likeness (QED) is 0.641. The second kappa shape index (κ2) is 12.4. The van der Waals surface area contributed by atoms with Gasteiger partial charge in [0.25, 0.3) is 0 Å². The van der Waals surface area contributed by atoms with Gasteiger partial charge >= 0.3 is 0 Å². The van der Waals surface area contributed by atoms with Gasteiger partial charge in [-0.05, 0) is 17.7 Å². The summed E-state index contributed by atoms with van der Waals surface area (Å²) in [6.07, 6.45) is -0.323. The van der Waals surface area contributed by atoms with E-state index in [1.54, 1.807) is 13.2 Å². The minimum atomic E-state index is -0.477. The number of benzene rings is 1. The molecule has 0 aromatic heterocycles. The van der Waals surface area contributed by atoms with Crippen LogP contribution in [0.15, 0.2) is 18.2 Å². The average molecular weight is 411 g/mol. The average Bonchev–Trinajstić information content (AvgIpc) is 2.85. The van der Waals surface area contributed by atoms with Crippen molar-refractivity contribution < 1.29 is 23.4 Å². The number of carbonyl (C=O) groups is 1. The van der Waals surface area contributed by atoms with Gasteiger partial charge in [-0.3, -0.25) is 4.79 Å². The van der Waals surface area contributed by atoms with Gasteiger partial charge in [0.1, 0.15) is 12.4 Å². The van der Waals surface area contributed by atoms with Gasteiger partial charge in [0, 0.05) is 32.7 Å². The number of carbonyl (C=O) groups excluding carboxylic acids is 1. The van der Waals surface area contributed by atoms with Crippen LogP contribution in [0.25, 0.3) is 0 Å². The van der Waals surface area contributed by atoms with Crippen LogP contribution in [0, 0.1) is 11.7 Å². The molecule has 1 aromatic carbocycles. The predicted molar refractivity (Wildman–Crippen MR) is 99.4 cm³/mol. The first-order valence-corrected chi connectivity index (χ1v) is 8.60. The van der Waals surface area contributed by atoms with Gasteiger partial charge in [0.2, 0.25) is 5.91 Å². The van der Waals surface area contributed by atoms with Crippen LogP contribution in [0.2, 0.25) is 5.02 Å². The molecule has 2 N–H and O–H groups in total. The van der Waals surface area contributed by atoms with Crippen LogP contribution in [0.5, 0.6) is 0 Å². The number of methoxy groups -OCH3 is 1. The van der Waals surface area contributed by atoms with Gasteiger partial charge in [0.15, 0.2) is 0 Å². The highest BCUT2D eigenvalue weighted by atomic mass is 35.5. The summed E-state index contributed by atoms with van der Waals surface area (Å²) in [5.74, 6) is -0.721. The van der Waals surface area contributed by atoms with Crippen molar-refractivity contribution in [2.24, 2.45) is 5.92 Å². The molecule has 1 aliphatic heterocycles. The largest absolute Gasteiger partial charge is 0.382 e. The number of nitrogens with one attached hydrogen (secondary N) is 2. The van der Waals surface area contributed by atoms with E-state index >= 15 is 0 Å². The van der Waals surface area contributed by atoms with Crippen molar-refractivity contribution in [2.75, 3.05) is 53.2 Å². The van der Waals surface area contributed by atoms with Gasteiger partial charge in [-0.2, -0.15) is 0 Å². The fourth-order valence-corrected chi connectivity index (χ4v) is 2.75. The lowest BCUT2D eigenvalue weighted by atomic mass is 9.95. The molecule has 0 aliphatic carbocycles. The lowest BCUT2D eigenvalue weighted by Gasteiger charge is -2.25. The second-order valence-electron chi connectivity index (χ2n) is 5.78. The Morgan fingerprint density at radius 2 is 2.27 bits per heavy atom. The Balaban J connectivity index is 0.00000338. The second-order valence-corrected chi connectivity index (χ2v) is 6.19. The smallest absolute Gasteiger partial charge is 0.246 e. The standard InChI is InChI=1S/C17H24ClFN2O4.ClH/c1-23-6-7-24-11-16(22)21-10-13-9-20-4-5-25-17(13)12-2-3-14(18)15(19)8-12;/h2-3,8,13,17,20H,4-7,9-11H2,1H3,(H,21,22);1H/t13-,17-;/m0./s1. The van der Waals surface area contributed by atoms with E-state index in [1.807, 2.05) is 0 Å². The molecule has 1 fully saturated rings. The number of amides is 1. The Morgan fingerprint density at radius 1 is 1.46 bits per heavy atom. The van der Waals surface area contributed by atoms with Crippen LogP contribution in [0.1, 0.15) is 11.7 Å². The molecule has 0 radical (unpaired) electrons. The summed E-state index contributed by atoms with van der Waals surface area (Å²) in [5, 5.41) is 6.18. The van der Waals surface area contributed by atoms with Gasteiger partial charge in [-0.1, -0.05) is 17.7 Å². The van der Waals surface area contributed by atoms with E-state index in [0.29, 0.717) is 45.0 Å². The Morgan fingerprint density at radius 3 is 3.00 bits per heavy atom. The molecule has 26 heavy (non-hydrogen) atoms. The van der Waals surface area contributed by atoms with Crippen LogP contribution in [0.4, 0.5) is 4.39 Å². The fraction of sp³-hybridized carbons (Fsp3) is 0.588. The zero-order chi connectivity index (χ0) is 18.1. The minimum absolute atomic E-state index is 0. The fourth-order valence-electron chi connectivity index (χ4n) is 2.63. The van der Waals surface area contributed by atoms with Crippen molar-refractivity contribution in [3.05, 3.63) is 34.6 Å². The van der Waals surface area contributed by atoms with Crippen LogP contribution in [-0.2, 0) is 19.0 Å². The highest BCUT2D eigenvalue weighted by Crippen LogP contribution is 2.29. The van der Waals surface area contributed by atoms with E-state index in [-0.39, 0.29) is 42.0 Å². The molecule has 0 unspecified atom stereocenters. The monoisotopic (exact) mass is 410 g/mol. The van der Waals surface area contributed by atoms with Crippen molar-refractivity contribution in [3.63, 3.8) is 0 Å². The molecule has 1 saturated heterocycles. The van der Waals surface area contributed by atoms with Crippen LogP contribution in [-0.4, -0.2) is 59.1 Å². The lowest BCUT2D eigenvalue weighted by molar-refractivity contribution is -0.126. The van der Waals surface area contributed by atoms with E-state index in [2.05, 4.69) is 10.6 Å². The van der Waals surface area contributed by atoms with Gasteiger partial charge in [0.05, 0.1) is 30.9 Å². The summed E-state index contributed by atoms with van der Waals surface area (Å²) in [7, 11) is 1.57. The van der Waals surface area contributed by atoms with E-state index < -0.39 is 5.82 Å². The predicted octanol–water partition coefficient (Wildman–Crippen LogP) is 1.96. The molecule has 148 valence electrons. The van der Waals surface area contributed by atoms with Crippen molar-refractivity contribution in [2.45, 2.75) is 6.10 Å². The van der Waals surface area contributed by atoms with Gasteiger partial charge in [-0.15, -0.1) is 12.4 Å². The van der Waals surface area contributed by atoms with Gasteiger partial charge < -0.3 is 24.8 Å². The summed E-state index contributed by atoms with van der Waals surface area (Å²) >= 11 is 5.75. The molecule has 0 bridgehead atoms. The SMILES string of the molecule is COCCOCC(=O)NC[C@@H]1CNCCO[C@H]1c1ccc(Cl)c(F)c1.Cl. The first kappa shape index (κ1) is 23.1. The van der Waals surface area contributed by atoms with Crippen molar-refractivity contribution >= 4 is 29.9 Å². The summed E-state index contributed by atoms with van der Waals surface area (Å²) in [5.41, 5.74) is 0.709.